The average molecular weight is 269 g/mol. The van der Waals surface area contributed by atoms with Gasteiger partial charge in [0.15, 0.2) is 0 Å². The SMILES string of the molecule is CC.Cc1ccccc1S(=O)(=O)N1CCCCC1. The molecule has 1 saturated heterocycles. The van der Waals surface area contributed by atoms with E-state index in [1.165, 1.54) is 0 Å². The van der Waals surface area contributed by atoms with E-state index in [2.05, 4.69) is 0 Å². The lowest BCUT2D eigenvalue weighted by atomic mass is 10.2. The highest BCUT2D eigenvalue weighted by Crippen LogP contribution is 2.22. The van der Waals surface area contributed by atoms with Gasteiger partial charge >= 0.3 is 0 Å². The predicted octanol–water partition coefficient (Wildman–Crippen LogP) is 3.20. The van der Waals surface area contributed by atoms with Gasteiger partial charge in [0, 0.05) is 13.1 Å². The average Bonchev–Trinajstić information content (AvgIpc) is 2.42. The maximum atomic E-state index is 12.3. The summed E-state index contributed by atoms with van der Waals surface area (Å²) in [6.07, 6.45) is 3.09. The van der Waals surface area contributed by atoms with Crippen LogP contribution in [0.4, 0.5) is 0 Å². The second-order valence-corrected chi connectivity index (χ2v) is 6.14. The molecule has 1 aliphatic rings. The second kappa shape index (κ2) is 6.90. The van der Waals surface area contributed by atoms with Gasteiger partial charge in [-0.25, -0.2) is 8.42 Å². The lowest BCUT2D eigenvalue weighted by Gasteiger charge is -2.26. The zero-order chi connectivity index (χ0) is 13.6. The van der Waals surface area contributed by atoms with Gasteiger partial charge in [0.05, 0.1) is 4.90 Å². The molecule has 0 unspecified atom stereocenters. The molecule has 1 aromatic rings. The van der Waals surface area contributed by atoms with Crippen molar-refractivity contribution in [1.29, 1.82) is 0 Å². The van der Waals surface area contributed by atoms with Crippen LogP contribution in [-0.2, 0) is 10.0 Å². The summed E-state index contributed by atoms with van der Waals surface area (Å²) in [6.45, 7) is 7.17. The summed E-state index contributed by atoms with van der Waals surface area (Å²) in [7, 11) is -3.26. The van der Waals surface area contributed by atoms with Crippen molar-refractivity contribution in [1.82, 2.24) is 4.31 Å². The first-order valence-electron chi connectivity index (χ1n) is 6.68. The molecule has 0 spiro atoms. The van der Waals surface area contributed by atoms with E-state index in [1.54, 1.807) is 16.4 Å². The Bertz CT molecular complexity index is 462. The highest BCUT2D eigenvalue weighted by Gasteiger charge is 2.26. The highest BCUT2D eigenvalue weighted by atomic mass is 32.2. The Balaban J connectivity index is 0.000000771. The first kappa shape index (κ1) is 15.2. The summed E-state index contributed by atoms with van der Waals surface area (Å²) in [5.74, 6) is 0. The quantitative estimate of drug-likeness (QED) is 0.827. The van der Waals surface area contributed by atoms with Crippen molar-refractivity contribution in [3.63, 3.8) is 0 Å². The van der Waals surface area contributed by atoms with E-state index in [0.29, 0.717) is 18.0 Å². The molecule has 2 rings (SSSR count). The van der Waals surface area contributed by atoms with E-state index in [-0.39, 0.29) is 0 Å². The van der Waals surface area contributed by atoms with Gasteiger partial charge in [0.2, 0.25) is 10.0 Å². The number of sulfonamides is 1. The molecule has 0 saturated carbocycles. The van der Waals surface area contributed by atoms with Gasteiger partial charge in [0.25, 0.3) is 0 Å². The molecule has 0 N–H and O–H groups in total. The third-order valence-corrected chi connectivity index (χ3v) is 5.09. The van der Waals surface area contributed by atoms with Crippen LogP contribution in [0.1, 0.15) is 38.7 Å². The Morgan fingerprint density at radius 3 is 2.11 bits per heavy atom. The molecule has 0 aromatic heterocycles. The van der Waals surface area contributed by atoms with Gasteiger partial charge in [-0.2, -0.15) is 4.31 Å². The number of piperidine rings is 1. The Kier molecular flexibility index (Phi) is 5.82. The zero-order valence-electron chi connectivity index (χ0n) is 11.5. The zero-order valence-corrected chi connectivity index (χ0v) is 12.3. The maximum absolute atomic E-state index is 12.3. The van der Waals surface area contributed by atoms with Crippen LogP contribution in [-0.4, -0.2) is 25.8 Å². The van der Waals surface area contributed by atoms with Crippen LogP contribution in [0.3, 0.4) is 0 Å². The largest absolute Gasteiger partial charge is 0.243 e. The van der Waals surface area contributed by atoms with Gasteiger partial charge in [-0.3, -0.25) is 0 Å². The third-order valence-electron chi connectivity index (χ3n) is 3.03. The van der Waals surface area contributed by atoms with Crippen LogP contribution in [0.5, 0.6) is 0 Å². The van der Waals surface area contributed by atoms with Crippen molar-refractivity contribution in [3.8, 4) is 0 Å². The predicted molar refractivity (Wildman–Crippen MR) is 75.1 cm³/mol. The number of aryl methyl sites for hydroxylation is 1. The summed E-state index contributed by atoms with van der Waals surface area (Å²) in [5, 5.41) is 0. The van der Waals surface area contributed by atoms with E-state index in [4.69, 9.17) is 0 Å². The molecule has 3 nitrogen and oxygen atoms in total. The van der Waals surface area contributed by atoms with Crippen molar-refractivity contribution >= 4 is 10.0 Å². The lowest BCUT2D eigenvalue weighted by Crippen LogP contribution is -2.35. The second-order valence-electron chi connectivity index (χ2n) is 4.23. The van der Waals surface area contributed by atoms with E-state index in [9.17, 15) is 8.42 Å². The minimum absolute atomic E-state index is 0.455. The first-order chi connectivity index (χ1) is 8.62. The van der Waals surface area contributed by atoms with Gasteiger partial charge < -0.3 is 0 Å². The van der Waals surface area contributed by atoms with Crippen molar-refractivity contribution < 1.29 is 8.42 Å². The highest BCUT2D eigenvalue weighted by molar-refractivity contribution is 7.89. The normalized spacial score (nSPS) is 16.8. The van der Waals surface area contributed by atoms with Gasteiger partial charge in [-0.1, -0.05) is 38.5 Å². The van der Waals surface area contributed by atoms with Crippen LogP contribution in [0.15, 0.2) is 29.2 Å². The van der Waals surface area contributed by atoms with Crippen molar-refractivity contribution in [2.24, 2.45) is 0 Å². The Hall–Kier alpha value is -0.870. The minimum Gasteiger partial charge on any atom is -0.207 e. The van der Waals surface area contributed by atoms with Gasteiger partial charge in [-0.05, 0) is 31.4 Å². The Morgan fingerprint density at radius 2 is 1.56 bits per heavy atom. The number of hydrogen-bond donors (Lipinski definition) is 0. The molecule has 1 aliphatic heterocycles. The molecule has 0 aliphatic carbocycles. The van der Waals surface area contributed by atoms with Crippen LogP contribution < -0.4 is 0 Å². The molecule has 1 fully saturated rings. The van der Waals surface area contributed by atoms with Crippen LogP contribution in [0.25, 0.3) is 0 Å². The monoisotopic (exact) mass is 269 g/mol. The molecular weight excluding hydrogens is 246 g/mol. The molecule has 18 heavy (non-hydrogen) atoms. The molecule has 0 bridgehead atoms. The smallest absolute Gasteiger partial charge is 0.207 e. The fourth-order valence-electron chi connectivity index (χ4n) is 2.09. The standard InChI is InChI=1S/C12H17NO2S.C2H6/c1-11-7-3-4-8-12(11)16(14,15)13-9-5-2-6-10-13;1-2/h3-4,7-8H,2,5-6,9-10H2,1H3;1-2H3. The van der Waals surface area contributed by atoms with Crippen LogP contribution in [0, 0.1) is 6.92 Å². The van der Waals surface area contributed by atoms with Crippen LogP contribution >= 0.6 is 0 Å². The topological polar surface area (TPSA) is 37.4 Å². The summed E-state index contributed by atoms with van der Waals surface area (Å²) in [5.41, 5.74) is 0.827. The fraction of sp³-hybridized carbons (Fsp3) is 0.571. The number of rotatable bonds is 2. The minimum atomic E-state index is -3.26. The maximum Gasteiger partial charge on any atom is 0.243 e. The van der Waals surface area contributed by atoms with E-state index >= 15 is 0 Å². The third kappa shape index (κ3) is 3.33. The Labute approximate surface area is 111 Å². The van der Waals surface area contributed by atoms with E-state index in [0.717, 1.165) is 24.8 Å². The molecule has 1 aromatic carbocycles. The van der Waals surface area contributed by atoms with Crippen molar-refractivity contribution in [3.05, 3.63) is 29.8 Å². The molecule has 0 radical (unpaired) electrons. The molecule has 4 heteroatoms. The molecular formula is C14H23NO2S. The summed E-state index contributed by atoms with van der Waals surface area (Å²) >= 11 is 0. The Morgan fingerprint density at radius 1 is 1.00 bits per heavy atom. The van der Waals surface area contributed by atoms with Crippen LogP contribution in [0.2, 0.25) is 0 Å². The molecule has 1 heterocycles. The van der Waals surface area contributed by atoms with Gasteiger partial charge in [-0.15, -0.1) is 0 Å². The van der Waals surface area contributed by atoms with E-state index in [1.807, 2.05) is 32.9 Å². The first-order valence-corrected chi connectivity index (χ1v) is 8.12. The molecule has 102 valence electrons. The summed E-state index contributed by atoms with van der Waals surface area (Å²) in [4.78, 5) is 0.455. The summed E-state index contributed by atoms with van der Waals surface area (Å²) < 4.78 is 26.3. The van der Waals surface area contributed by atoms with Crippen molar-refractivity contribution in [2.45, 2.75) is 44.9 Å². The molecule has 0 atom stereocenters. The van der Waals surface area contributed by atoms with Gasteiger partial charge in [0.1, 0.15) is 0 Å². The van der Waals surface area contributed by atoms with E-state index < -0.39 is 10.0 Å². The molecule has 0 amide bonds. The van der Waals surface area contributed by atoms with Crippen molar-refractivity contribution in [2.75, 3.05) is 13.1 Å². The lowest BCUT2D eigenvalue weighted by molar-refractivity contribution is 0.346. The number of hydrogen-bond acceptors (Lipinski definition) is 2. The number of benzene rings is 1. The summed E-state index contributed by atoms with van der Waals surface area (Å²) in [6, 6.07) is 7.19. The number of nitrogens with zero attached hydrogens (tertiary/aromatic N) is 1. The fourth-order valence-corrected chi connectivity index (χ4v) is 3.83.